The lowest BCUT2D eigenvalue weighted by atomic mass is 10.2. The van der Waals surface area contributed by atoms with E-state index in [-0.39, 0.29) is 5.56 Å². The van der Waals surface area contributed by atoms with Gasteiger partial charge in [-0.2, -0.15) is 10.2 Å². The summed E-state index contributed by atoms with van der Waals surface area (Å²) in [5, 5.41) is 22.1. The second-order valence-corrected chi connectivity index (χ2v) is 6.34. The Labute approximate surface area is 146 Å². The molecule has 3 aromatic heterocycles. The second-order valence-electron chi connectivity index (χ2n) is 5.48. The van der Waals surface area contributed by atoms with Crippen molar-refractivity contribution in [2.24, 2.45) is 7.05 Å². The summed E-state index contributed by atoms with van der Waals surface area (Å²) < 4.78 is 2.98. The van der Waals surface area contributed by atoms with Gasteiger partial charge in [0, 0.05) is 29.9 Å². The second kappa shape index (κ2) is 6.48. The van der Waals surface area contributed by atoms with Crippen molar-refractivity contribution in [3.63, 3.8) is 0 Å². The zero-order valence-electron chi connectivity index (χ0n) is 13.8. The lowest BCUT2D eigenvalue weighted by Gasteiger charge is -2.05. The van der Waals surface area contributed by atoms with Crippen LogP contribution in [0, 0.1) is 6.92 Å². The molecule has 0 radical (unpaired) electrons. The number of aliphatic carboxylic acids is 1. The van der Waals surface area contributed by atoms with Crippen LogP contribution in [0.3, 0.4) is 0 Å². The Morgan fingerprint density at radius 1 is 1.32 bits per heavy atom. The van der Waals surface area contributed by atoms with Crippen molar-refractivity contribution in [2.75, 3.05) is 5.32 Å². The van der Waals surface area contributed by atoms with E-state index in [0.29, 0.717) is 5.13 Å². The minimum Gasteiger partial charge on any atom is -0.480 e. The highest BCUT2D eigenvalue weighted by atomic mass is 32.1. The summed E-state index contributed by atoms with van der Waals surface area (Å²) in [6.45, 7) is 3.43. The predicted octanol–water partition coefficient (Wildman–Crippen LogP) is 1.95. The third-order valence-electron chi connectivity index (χ3n) is 3.85. The highest BCUT2D eigenvalue weighted by Gasteiger charge is 2.18. The number of rotatable bonds is 5. The number of nitrogens with zero attached hydrogens (tertiary/aromatic N) is 5. The van der Waals surface area contributed by atoms with E-state index in [2.05, 4.69) is 20.5 Å². The van der Waals surface area contributed by atoms with Gasteiger partial charge in [0.25, 0.3) is 5.91 Å². The van der Waals surface area contributed by atoms with Crippen LogP contribution in [0.5, 0.6) is 0 Å². The molecule has 0 saturated carbocycles. The van der Waals surface area contributed by atoms with Crippen molar-refractivity contribution in [3.8, 4) is 11.3 Å². The largest absolute Gasteiger partial charge is 0.480 e. The van der Waals surface area contributed by atoms with Crippen molar-refractivity contribution in [1.29, 1.82) is 0 Å². The molecule has 0 saturated heterocycles. The summed E-state index contributed by atoms with van der Waals surface area (Å²) in [5.74, 6) is -1.42. The highest BCUT2D eigenvalue weighted by molar-refractivity contribution is 7.14. The van der Waals surface area contributed by atoms with Crippen LogP contribution in [0.4, 0.5) is 5.13 Å². The minimum absolute atomic E-state index is 0.266. The highest BCUT2D eigenvalue weighted by Crippen LogP contribution is 2.27. The van der Waals surface area contributed by atoms with Crippen molar-refractivity contribution >= 4 is 28.3 Å². The normalized spacial score (nSPS) is 12.1. The average Bonchev–Trinajstić information content (AvgIpc) is 3.28. The summed E-state index contributed by atoms with van der Waals surface area (Å²) in [6, 6.07) is -0.846. The van der Waals surface area contributed by atoms with Crippen LogP contribution in [-0.4, -0.2) is 41.5 Å². The van der Waals surface area contributed by atoms with Crippen LogP contribution in [0.15, 0.2) is 24.0 Å². The lowest BCUT2D eigenvalue weighted by molar-refractivity contribution is -0.140. The topological polar surface area (TPSA) is 115 Å². The number of aromatic nitrogens is 5. The summed E-state index contributed by atoms with van der Waals surface area (Å²) in [6.07, 6.45) is 4.45. The van der Waals surface area contributed by atoms with Crippen LogP contribution in [-0.2, 0) is 11.8 Å². The van der Waals surface area contributed by atoms with E-state index in [1.54, 1.807) is 10.9 Å². The van der Waals surface area contributed by atoms with Gasteiger partial charge in [0.15, 0.2) is 5.13 Å². The summed E-state index contributed by atoms with van der Waals surface area (Å²) in [4.78, 5) is 27.6. The molecule has 0 bridgehead atoms. The number of aryl methyl sites for hydroxylation is 1. The Morgan fingerprint density at radius 3 is 2.72 bits per heavy atom. The number of carbonyl (C=O) groups excluding carboxylic acids is 1. The van der Waals surface area contributed by atoms with E-state index < -0.39 is 17.9 Å². The molecule has 1 atom stereocenters. The van der Waals surface area contributed by atoms with E-state index >= 15 is 0 Å². The average molecular weight is 360 g/mol. The first-order chi connectivity index (χ1) is 11.9. The summed E-state index contributed by atoms with van der Waals surface area (Å²) in [5.41, 5.74) is 2.89. The van der Waals surface area contributed by atoms with Crippen molar-refractivity contribution in [1.82, 2.24) is 24.5 Å². The van der Waals surface area contributed by atoms with Crippen LogP contribution >= 0.6 is 11.3 Å². The van der Waals surface area contributed by atoms with E-state index in [9.17, 15) is 9.59 Å². The molecule has 130 valence electrons. The number of carboxylic acid groups (broad SMARTS) is 1. The predicted molar refractivity (Wildman–Crippen MR) is 91.6 cm³/mol. The lowest BCUT2D eigenvalue weighted by Crippen LogP contribution is -2.16. The molecular formula is C15H16N6O3S. The third-order valence-corrected chi connectivity index (χ3v) is 4.61. The Balaban J connectivity index is 1.74. The van der Waals surface area contributed by atoms with Gasteiger partial charge < -0.3 is 5.11 Å². The molecular weight excluding hydrogens is 344 g/mol. The first-order valence-electron chi connectivity index (χ1n) is 7.39. The molecule has 3 rings (SSSR count). The standard InChI is InChI=1S/C15H16N6O3S/c1-8-11(5-16-20(8)3)12-7-25-15(18-12)19-13(22)10-4-17-21(6-10)9(2)14(23)24/h4-7,9H,1-3H3,(H,23,24)(H,18,19,22). The number of hydrogen-bond donors (Lipinski definition) is 2. The Hall–Kier alpha value is -3.01. The molecule has 1 unspecified atom stereocenters. The van der Waals surface area contributed by atoms with E-state index in [4.69, 9.17) is 5.11 Å². The molecule has 1 amide bonds. The van der Waals surface area contributed by atoms with Gasteiger partial charge in [-0.15, -0.1) is 11.3 Å². The van der Waals surface area contributed by atoms with Gasteiger partial charge in [0.1, 0.15) is 6.04 Å². The summed E-state index contributed by atoms with van der Waals surface area (Å²) >= 11 is 1.30. The number of carbonyl (C=O) groups is 2. The number of amides is 1. The molecule has 0 spiro atoms. The monoisotopic (exact) mass is 360 g/mol. The molecule has 2 N–H and O–H groups in total. The zero-order chi connectivity index (χ0) is 18.1. The molecule has 0 aliphatic heterocycles. The number of carboxylic acids is 1. The van der Waals surface area contributed by atoms with Gasteiger partial charge in [-0.1, -0.05) is 0 Å². The first kappa shape index (κ1) is 16.8. The van der Waals surface area contributed by atoms with Crippen molar-refractivity contribution in [3.05, 3.63) is 35.2 Å². The van der Waals surface area contributed by atoms with Crippen LogP contribution in [0.2, 0.25) is 0 Å². The fourth-order valence-corrected chi connectivity index (χ4v) is 2.86. The fourth-order valence-electron chi connectivity index (χ4n) is 2.15. The van der Waals surface area contributed by atoms with Gasteiger partial charge >= 0.3 is 5.97 Å². The van der Waals surface area contributed by atoms with Crippen LogP contribution in [0.1, 0.15) is 29.0 Å². The smallest absolute Gasteiger partial charge is 0.328 e. The summed E-state index contributed by atoms with van der Waals surface area (Å²) in [7, 11) is 1.85. The van der Waals surface area contributed by atoms with E-state index in [1.807, 2.05) is 19.4 Å². The van der Waals surface area contributed by atoms with E-state index in [1.165, 1.54) is 35.3 Å². The van der Waals surface area contributed by atoms with Gasteiger partial charge in [-0.25, -0.2) is 9.78 Å². The maximum Gasteiger partial charge on any atom is 0.328 e. The Bertz CT molecular complexity index is 941. The van der Waals surface area contributed by atoms with Gasteiger partial charge in [0.05, 0.1) is 23.7 Å². The molecule has 25 heavy (non-hydrogen) atoms. The minimum atomic E-state index is -1.02. The van der Waals surface area contributed by atoms with Crippen molar-refractivity contribution < 1.29 is 14.7 Å². The Morgan fingerprint density at radius 2 is 2.08 bits per heavy atom. The third kappa shape index (κ3) is 3.29. The zero-order valence-corrected chi connectivity index (χ0v) is 14.6. The molecule has 0 fully saturated rings. The number of nitrogens with one attached hydrogen (secondary N) is 1. The molecule has 0 aliphatic rings. The fraction of sp³-hybridized carbons (Fsp3) is 0.267. The molecule has 3 heterocycles. The number of thiazole rings is 1. The Kier molecular flexibility index (Phi) is 4.36. The van der Waals surface area contributed by atoms with Crippen molar-refractivity contribution in [2.45, 2.75) is 19.9 Å². The molecule has 9 nitrogen and oxygen atoms in total. The van der Waals surface area contributed by atoms with Gasteiger partial charge in [0.2, 0.25) is 0 Å². The number of hydrogen-bond acceptors (Lipinski definition) is 6. The van der Waals surface area contributed by atoms with Crippen LogP contribution in [0.25, 0.3) is 11.3 Å². The first-order valence-corrected chi connectivity index (χ1v) is 8.27. The number of anilines is 1. The van der Waals surface area contributed by atoms with E-state index in [0.717, 1.165) is 17.0 Å². The van der Waals surface area contributed by atoms with Gasteiger partial charge in [-0.05, 0) is 13.8 Å². The maximum atomic E-state index is 12.3. The van der Waals surface area contributed by atoms with Gasteiger partial charge in [-0.3, -0.25) is 19.5 Å². The SMILES string of the molecule is Cc1c(-c2csc(NC(=O)c3cnn(C(C)C(=O)O)c3)n2)cnn1C. The molecule has 0 aliphatic carbocycles. The quantitative estimate of drug-likeness (QED) is 0.718. The van der Waals surface area contributed by atoms with Crippen LogP contribution < -0.4 is 5.32 Å². The maximum absolute atomic E-state index is 12.3. The molecule has 10 heteroatoms. The molecule has 3 aromatic rings. The molecule has 0 aromatic carbocycles.